The lowest BCUT2D eigenvalue weighted by Crippen LogP contribution is -2.42. The molecule has 2 atom stereocenters. The lowest BCUT2D eigenvalue weighted by Gasteiger charge is -2.26. The molecule has 174 valence electrons. The molecule has 32 heavy (non-hydrogen) atoms. The van der Waals surface area contributed by atoms with E-state index in [-0.39, 0.29) is 23.4 Å². The molecule has 2 aromatic rings. The topological polar surface area (TPSA) is 96.4 Å². The standard InChI is InChI=1S/C23H31FN4O4/c1-12-18-16(20(29)26-21(30)28(18)15-6-7-15)10-17(24)19(12)27-9-8-14(11-27)13(2)25-22(31)32-23(3,4)5/h10,13-15H,6-9,11H2,1-5H3,(H,25,31)(H,26,29,30)/t13-,14?/m0/s1. The van der Waals surface area contributed by atoms with E-state index in [0.717, 1.165) is 19.3 Å². The van der Waals surface area contributed by atoms with E-state index in [4.69, 9.17) is 4.74 Å². The van der Waals surface area contributed by atoms with Crippen molar-refractivity contribution in [3.63, 3.8) is 0 Å². The van der Waals surface area contributed by atoms with E-state index in [1.54, 1.807) is 11.5 Å². The zero-order valence-electron chi connectivity index (χ0n) is 19.3. The molecule has 1 aliphatic heterocycles. The number of fused-ring (bicyclic) bond motifs is 1. The van der Waals surface area contributed by atoms with Gasteiger partial charge in [0, 0.05) is 30.7 Å². The monoisotopic (exact) mass is 446 g/mol. The molecule has 2 aliphatic rings. The molecule has 1 aromatic carbocycles. The number of aromatic nitrogens is 2. The number of nitrogens with one attached hydrogen (secondary N) is 2. The average Bonchev–Trinajstić information content (AvgIpc) is 3.37. The number of aryl methyl sites for hydroxylation is 1. The van der Waals surface area contributed by atoms with Crippen molar-refractivity contribution in [3.8, 4) is 0 Å². The van der Waals surface area contributed by atoms with E-state index in [9.17, 15) is 14.4 Å². The minimum Gasteiger partial charge on any atom is -0.444 e. The summed E-state index contributed by atoms with van der Waals surface area (Å²) in [5, 5.41) is 3.08. The van der Waals surface area contributed by atoms with Gasteiger partial charge in [0.15, 0.2) is 0 Å². The molecule has 1 amide bonds. The Morgan fingerprint density at radius 3 is 2.59 bits per heavy atom. The van der Waals surface area contributed by atoms with Crippen molar-refractivity contribution in [3.05, 3.63) is 38.3 Å². The van der Waals surface area contributed by atoms with Crippen molar-refractivity contribution in [1.82, 2.24) is 14.9 Å². The van der Waals surface area contributed by atoms with Crippen LogP contribution in [-0.4, -0.2) is 40.4 Å². The number of ether oxygens (including phenoxy) is 1. The Morgan fingerprint density at radius 1 is 1.28 bits per heavy atom. The molecule has 2 heterocycles. The summed E-state index contributed by atoms with van der Waals surface area (Å²) < 4.78 is 22.2. The number of hydrogen-bond acceptors (Lipinski definition) is 5. The zero-order valence-corrected chi connectivity index (χ0v) is 19.3. The molecule has 8 nitrogen and oxygen atoms in total. The summed E-state index contributed by atoms with van der Waals surface area (Å²) in [6, 6.07) is 1.14. The van der Waals surface area contributed by atoms with Gasteiger partial charge in [-0.3, -0.25) is 14.3 Å². The van der Waals surface area contributed by atoms with Crippen LogP contribution in [0.25, 0.3) is 10.9 Å². The van der Waals surface area contributed by atoms with Crippen molar-refractivity contribution < 1.29 is 13.9 Å². The summed E-state index contributed by atoms with van der Waals surface area (Å²) in [6.45, 7) is 10.3. The van der Waals surface area contributed by atoms with E-state index in [0.29, 0.717) is 29.9 Å². The van der Waals surface area contributed by atoms with Crippen molar-refractivity contribution in [2.75, 3.05) is 18.0 Å². The van der Waals surface area contributed by atoms with Gasteiger partial charge in [-0.25, -0.2) is 14.0 Å². The molecular weight excluding hydrogens is 415 g/mol. The van der Waals surface area contributed by atoms with E-state index in [2.05, 4.69) is 10.3 Å². The highest BCUT2D eigenvalue weighted by Crippen LogP contribution is 2.39. The van der Waals surface area contributed by atoms with Gasteiger partial charge in [0.05, 0.1) is 16.6 Å². The molecule has 1 saturated carbocycles. The Bertz CT molecular complexity index is 1180. The van der Waals surface area contributed by atoms with E-state index in [1.165, 1.54) is 6.07 Å². The highest BCUT2D eigenvalue weighted by atomic mass is 19.1. The second-order valence-electron chi connectivity index (χ2n) is 10.0. The van der Waals surface area contributed by atoms with Gasteiger partial charge in [-0.15, -0.1) is 0 Å². The molecule has 0 bridgehead atoms. The third-order valence-corrected chi connectivity index (χ3v) is 6.29. The van der Waals surface area contributed by atoms with Crippen LogP contribution in [0.4, 0.5) is 14.9 Å². The predicted molar refractivity (Wildman–Crippen MR) is 121 cm³/mol. The molecule has 9 heteroatoms. The summed E-state index contributed by atoms with van der Waals surface area (Å²) in [5.41, 5.74) is -0.0510. The van der Waals surface area contributed by atoms with Crippen LogP contribution in [0, 0.1) is 18.7 Å². The Balaban J connectivity index is 1.62. The smallest absolute Gasteiger partial charge is 0.407 e. The lowest BCUT2D eigenvalue weighted by molar-refractivity contribution is 0.0494. The largest absolute Gasteiger partial charge is 0.444 e. The summed E-state index contributed by atoms with van der Waals surface area (Å²) >= 11 is 0. The molecule has 0 radical (unpaired) electrons. The summed E-state index contributed by atoms with van der Waals surface area (Å²) in [6.07, 6.45) is 2.04. The highest BCUT2D eigenvalue weighted by molar-refractivity contribution is 5.87. The van der Waals surface area contributed by atoms with Crippen LogP contribution < -0.4 is 21.5 Å². The van der Waals surface area contributed by atoms with Crippen LogP contribution in [0.15, 0.2) is 15.7 Å². The van der Waals surface area contributed by atoms with Gasteiger partial charge in [-0.05, 0) is 65.9 Å². The molecule has 1 aliphatic carbocycles. The Kier molecular flexibility index (Phi) is 5.55. The van der Waals surface area contributed by atoms with Crippen molar-refractivity contribution in [2.45, 2.75) is 71.6 Å². The number of carbonyl (C=O) groups is 1. The number of benzene rings is 1. The van der Waals surface area contributed by atoms with Gasteiger partial charge in [-0.2, -0.15) is 0 Å². The second kappa shape index (κ2) is 7.94. The van der Waals surface area contributed by atoms with Gasteiger partial charge in [0.2, 0.25) is 0 Å². The minimum atomic E-state index is -0.577. The number of alkyl carbamates (subject to hydrolysis) is 1. The summed E-state index contributed by atoms with van der Waals surface area (Å²) in [4.78, 5) is 41.3. The van der Waals surface area contributed by atoms with Crippen molar-refractivity contribution >= 4 is 22.7 Å². The van der Waals surface area contributed by atoms with Crippen LogP contribution in [0.3, 0.4) is 0 Å². The fourth-order valence-corrected chi connectivity index (χ4v) is 4.65. The maximum atomic E-state index is 15.2. The summed E-state index contributed by atoms with van der Waals surface area (Å²) in [5.74, 6) is -0.364. The summed E-state index contributed by atoms with van der Waals surface area (Å²) in [7, 11) is 0. The van der Waals surface area contributed by atoms with Crippen molar-refractivity contribution in [2.24, 2.45) is 5.92 Å². The van der Waals surface area contributed by atoms with Crippen molar-refractivity contribution in [1.29, 1.82) is 0 Å². The number of aromatic amines is 1. The van der Waals surface area contributed by atoms with Gasteiger partial charge in [-0.1, -0.05) is 0 Å². The Morgan fingerprint density at radius 2 is 1.97 bits per heavy atom. The van der Waals surface area contributed by atoms with Crippen LogP contribution in [0.1, 0.15) is 58.6 Å². The molecule has 1 aromatic heterocycles. The normalized spacial score (nSPS) is 19.9. The van der Waals surface area contributed by atoms with Crippen LogP contribution in [0.5, 0.6) is 0 Å². The Labute approximate surface area is 185 Å². The van der Waals surface area contributed by atoms with Gasteiger partial charge in [0.1, 0.15) is 11.4 Å². The first-order valence-corrected chi connectivity index (χ1v) is 11.2. The number of halogens is 1. The molecule has 1 saturated heterocycles. The maximum Gasteiger partial charge on any atom is 0.407 e. The van der Waals surface area contributed by atoms with Crippen LogP contribution in [-0.2, 0) is 4.74 Å². The van der Waals surface area contributed by atoms with E-state index >= 15 is 4.39 Å². The van der Waals surface area contributed by atoms with Gasteiger partial charge >= 0.3 is 11.8 Å². The number of nitrogens with zero attached hydrogens (tertiary/aromatic N) is 2. The van der Waals surface area contributed by atoms with E-state index < -0.39 is 28.8 Å². The predicted octanol–water partition coefficient (Wildman–Crippen LogP) is 3.21. The number of amides is 1. The van der Waals surface area contributed by atoms with Crippen LogP contribution in [0.2, 0.25) is 0 Å². The fraction of sp³-hybridized carbons (Fsp3) is 0.609. The lowest BCUT2D eigenvalue weighted by atomic mass is 10.0. The Hall–Kier alpha value is -2.84. The first kappa shape index (κ1) is 22.4. The van der Waals surface area contributed by atoms with Gasteiger partial charge < -0.3 is 15.0 Å². The molecule has 2 N–H and O–H groups in total. The number of rotatable bonds is 4. The second-order valence-corrected chi connectivity index (χ2v) is 10.0. The van der Waals surface area contributed by atoms with E-state index in [1.807, 2.05) is 32.6 Å². The third-order valence-electron chi connectivity index (χ3n) is 6.29. The maximum absolute atomic E-state index is 15.2. The molecule has 1 unspecified atom stereocenters. The zero-order chi connectivity index (χ0) is 23.4. The molecule has 4 rings (SSSR count). The average molecular weight is 447 g/mol. The number of carbonyl (C=O) groups excluding carboxylic acids is 1. The third kappa shape index (κ3) is 4.25. The van der Waals surface area contributed by atoms with Crippen LogP contribution >= 0.6 is 0 Å². The first-order valence-electron chi connectivity index (χ1n) is 11.2. The minimum absolute atomic E-state index is 0.0447. The number of anilines is 1. The fourth-order valence-electron chi connectivity index (χ4n) is 4.65. The molecular formula is C23H31FN4O4. The quantitative estimate of drug-likeness (QED) is 0.752. The number of hydrogen-bond donors (Lipinski definition) is 2. The van der Waals surface area contributed by atoms with Gasteiger partial charge in [0.25, 0.3) is 5.56 Å². The molecule has 2 fully saturated rings. The SMILES string of the molecule is Cc1c(N2CCC([C@H](C)NC(=O)OC(C)(C)C)C2)c(F)cc2c(=O)[nH]c(=O)n(C3CC3)c12. The highest BCUT2D eigenvalue weighted by Gasteiger charge is 2.33. The first-order chi connectivity index (χ1) is 15.0. The number of H-pyrrole nitrogens is 1. The molecule has 0 spiro atoms.